The summed E-state index contributed by atoms with van der Waals surface area (Å²) in [5.41, 5.74) is 1.02. The number of carbonyl (C=O) groups excluding carboxylic acids is 1. The highest BCUT2D eigenvalue weighted by molar-refractivity contribution is 6.31. The second kappa shape index (κ2) is 7.82. The van der Waals surface area contributed by atoms with Gasteiger partial charge in [0.1, 0.15) is 18.2 Å². The van der Waals surface area contributed by atoms with Gasteiger partial charge in [0.25, 0.3) is 0 Å². The van der Waals surface area contributed by atoms with Crippen molar-refractivity contribution in [2.75, 3.05) is 18.5 Å². The number of H-pyrrole nitrogens is 1. The molecule has 7 nitrogen and oxygen atoms in total. The third-order valence-corrected chi connectivity index (χ3v) is 4.43. The van der Waals surface area contributed by atoms with E-state index in [-0.39, 0.29) is 14.5 Å². The number of amides is 1. The van der Waals surface area contributed by atoms with Gasteiger partial charge < -0.3 is 15.2 Å². The number of nitrogens with zero attached hydrogens (tertiary/aromatic N) is 4. The summed E-state index contributed by atoms with van der Waals surface area (Å²) in [6, 6.07) is 0.521. The predicted octanol–water partition coefficient (Wildman–Crippen LogP) is 3.81. The van der Waals surface area contributed by atoms with Gasteiger partial charge in [-0.25, -0.2) is 19.3 Å². The van der Waals surface area contributed by atoms with Gasteiger partial charge in [0.15, 0.2) is 17.5 Å². The minimum Gasteiger partial charge on any atom is -0.345 e. The summed E-state index contributed by atoms with van der Waals surface area (Å²) in [7, 11) is 1.35. The number of pyridine rings is 1. The number of hydrogen-bond acceptors (Lipinski definition) is 5. The molecule has 12 heteroatoms. The Morgan fingerprint density at radius 3 is 2.79 bits per heavy atom. The van der Waals surface area contributed by atoms with Crippen LogP contribution >= 0.6 is 11.6 Å². The lowest BCUT2D eigenvalue weighted by Gasteiger charge is -2.25. The van der Waals surface area contributed by atoms with Gasteiger partial charge in [0.2, 0.25) is 5.91 Å². The standard InChI is InChI=1S/C17H15ClF4N6O.2H2/c1-8(16(29)26-7-17(20,21)22)28(2)15-12(19)6-25-14(27-15)11-5-24-13-10(11)3-9(18)4-23-13;;/h3-6,8H,7H2,1-2H3,(H,23,24)(H,26,29);2*1H/t8-;;/m1../s1. The topological polar surface area (TPSA) is 86.8 Å². The van der Waals surface area contributed by atoms with Crippen LogP contribution < -0.4 is 10.2 Å². The second-order valence-electron chi connectivity index (χ2n) is 6.24. The number of rotatable bonds is 5. The van der Waals surface area contributed by atoms with Gasteiger partial charge in [-0.2, -0.15) is 13.2 Å². The molecule has 0 radical (unpaired) electrons. The molecule has 0 bridgehead atoms. The van der Waals surface area contributed by atoms with Gasteiger partial charge in [0.05, 0.1) is 11.2 Å². The van der Waals surface area contributed by atoms with E-state index in [9.17, 15) is 22.4 Å². The van der Waals surface area contributed by atoms with Crippen molar-refractivity contribution in [2.45, 2.75) is 19.1 Å². The molecule has 0 aromatic carbocycles. The molecule has 3 aromatic rings. The molecule has 1 atom stereocenters. The van der Waals surface area contributed by atoms with Crippen LogP contribution in [0.25, 0.3) is 22.4 Å². The Labute approximate surface area is 170 Å². The number of aromatic nitrogens is 4. The number of aromatic amines is 1. The molecule has 29 heavy (non-hydrogen) atoms. The lowest BCUT2D eigenvalue weighted by atomic mass is 10.2. The van der Waals surface area contributed by atoms with Crippen molar-refractivity contribution in [3.05, 3.63) is 35.5 Å². The summed E-state index contributed by atoms with van der Waals surface area (Å²) in [4.78, 5) is 28.3. The fourth-order valence-electron chi connectivity index (χ4n) is 2.59. The van der Waals surface area contributed by atoms with Gasteiger partial charge in [-0.3, -0.25) is 4.79 Å². The minimum absolute atomic E-state index is 0. The average molecular weight is 435 g/mol. The molecule has 158 valence electrons. The van der Waals surface area contributed by atoms with E-state index in [4.69, 9.17) is 11.6 Å². The normalized spacial score (nSPS) is 12.8. The van der Waals surface area contributed by atoms with Crippen molar-refractivity contribution >= 4 is 34.4 Å². The largest absolute Gasteiger partial charge is 0.405 e. The van der Waals surface area contributed by atoms with Crippen molar-refractivity contribution in [3.8, 4) is 11.4 Å². The molecule has 2 N–H and O–H groups in total. The maximum atomic E-state index is 14.3. The van der Waals surface area contributed by atoms with E-state index in [0.29, 0.717) is 21.6 Å². The van der Waals surface area contributed by atoms with Crippen molar-refractivity contribution in [2.24, 2.45) is 0 Å². The number of nitrogens with one attached hydrogen (secondary N) is 2. The molecule has 1 amide bonds. The number of fused-ring (bicyclic) bond motifs is 1. The highest BCUT2D eigenvalue weighted by Crippen LogP contribution is 2.29. The molecule has 0 saturated heterocycles. The summed E-state index contributed by atoms with van der Waals surface area (Å²) in [6.45, 7) is -0.146. The van der Waals surface area contributed by atoms with Crippen LogP contribution in [0.1, 0.15) is 9.78 Å². The minimum atomic E-state index is -4.55. The van der Waals surface area contributed by atoms with E-state index in [1.807, 2.05) is 0 Å². The van der Waals surface area contributed by atoms with Crippen LogP contribution in [0.4, 0.5) is 23.4 Å². The van der Waals surface area contributed by atoms with Crippen molar-refractivity contribution < 1.29 is 25.2 Å². The zero-order chi connectivity index (χ0) is 21.3. The first-order valence-electron chi connectivity index (χ1n) is 8.29. The van der Waals surface area contributed by atoms with Crippen LogP contribution in [0.3, 0.4) is 0 Å². The van der Waals surface area contributed by atoms with Crippen LogP contribution in [0.5, 0.6) is 0 Å². The number of halogens is 5. The third-order valence-electron chi connectivity index (χ3n) is 4.22. The Kier molecular flexibility index (Phi) is 5.60. The van der Waals surface area contributed by atoms with E-state index in [2.05, 4.69) is 19.9 Å². The Balaban J connectivity index is 0.00000240. The quantitative estimate of drug-likeness (QED) is 0.596. The Hall–Kier alpha value is -2.95. The van der Waals surface area contributed by atoms with E-state index >= 15 is 0 Å². The molecule has 0 aliphatic heterocycles. The molecule has 3 rings (SSSR count). The lowest BCUT2D eigenvalue weighted by Crippen LogP contribution is -2.46. The maximum absolute atomic E-state index is 14.3. The fraction of sp³-hybridized carbons (Fsp3) is 0.294. The molecular formula is C17H19ClF4N6O. The van der Waals surface area contributed by atoms with E-state index in [1.54, 1.807) is 17.6 Å². The van der Waals surface area contributed by atoms with Gasteiger partial charge in [-0.05, 0) is 13.0 Å². The van der Waals surface area contributed by atoms with Crippen LogP contribution in [0.2, 0.25) is 5.02 Å². The first-order valence-corrected chi connectivity index (χ1v) is 8.67. The summed E-state index contributed by atoms with van der Waals surface area (Å²) in [6.07, 6.45) is -0.599. The first-order chi connectivity index (χ1) is 13.6. The monoisotopic (exact) mass is 434 g/mol. The summed E-state index contributed by atoms with van der Waals surface area (Å²) < 4.78 is 51.2. The Morgan fingerprint density at radius 2 is 2.10 bits per heavy atom. The number of anilines is 1. The molecule has 0 aliphatic carbocycles. The van der Waals surface area contributed by atoms with Crippen LogP contribution in [-0.4, -0.2) is 51.7 Å². The Bertz CT molecular complexity index is 1060. The van der Waals surface area contributed by atoms with Crippen LogP contribution in [-0.2, 0) is 4.79 Å². The number of hydrogen-bond donors (Lipinski definition) is 2. The van der Waals surface area contributed by atoms with E-state index in [1.165, 1.54) is 20.2 Å². The smallest absolute Gasteiger partial charge is 0.345 e. The van der Waals surface area contributed by atoms with Gasteiger partial charge in [0, 0.05) is 33.2 Å². The summed E-state index contributed by atoms with van der Waals surface area (Å²) in [5, 5.41) is 2.75. The lowest BCUT2D eigenvalue weighted by molar-refractivity contribution is -0.138. The number of alkyl halides is 3. The Morgan fingerprint density at radius 1 is 1.38 bits per heavy atom. The fourth-order valence-corrected chi connectivity index (χ4v) is 2.75. The van der Waals surface area contributed by atoms with Gasteiger partial charge in [-0.15, -0.1) is 0 Å². The van der Waals surface area contributed by atoms with Gasteiger partial charge in [-0.1, -0.05) is 11.6 Å². The zero-order valence-corrected chi connectivity index (χ0v) is 15.9. The van der Waals surface area contributed by atoms with Crippen molar-refractivity contribution in [1.29, 1.82) is 0 Å². The predicted molar refractivity (Wildman–Crippen MR) is 103 cm³/mol. The maximum Gasteiger partial charge on any atom is 0.405 e. The third kappa shape index (κ3) is 4.56. The summed E-state index contributed by atoms with van der Waals surface area (Å²) >= 11 is 5.97. The van der Waals surface area contributed by atoms with Crippen LogP contribution in [0, 0.1) is 5.82 Å². The SMILES string of the molecule is C[C@H](C(=O)NCC(F)(F)F)N(C)c1nc(-c2c[nH]c3ncc(Cl)cc23)ncc1F.[HH].[HH]. The molecule has 0 spiro atoms. The zero-order valence-electron chi connectivity index (χ0n) is 15.2. The first kappa shape index (κ1) is 20.8. The van der Waals surface area contributed by atoms with E-state index < -0.39 is 30.5 Å². The molecule has 0 fully saturated rings. The molecule has 0 aliphatic rings. The van der Waals surface area contributed by atoms with E-state index in [0.717, 1.165) is 11.1 Å². The highest BCUT2D eigenvalue weighted by atomic mass is 35.5. The second-order valence-corrected chi connectivity index (χ2v) is 6.67. The molecule has 3 aromatic heterocycles. The van der Waals surface area contributed by atoms with Crippen molar-refractivity contribution in [3.63, 3.8) is 0 Å². The molecule has 0 saturated carbocycles. The molecule has 0 unspecified atom stereocenters. The number of carbonyl (C=O) groups is 1. The summed E-state index contributed by atoms with van der Waals surface area (Å²) in [5.74, 6) is -1.87. The van der Waals surface area contributed by atoms with Gasteiger partial charge >= 0.3 is 6.18 Å². The van der Waals surface area contributed by atoms with Crippen LogP contribution in [0.15, 0.2) is 24.7 Å². The average Bonchev–Trinajstić information content (AvgIpc) is 3.07. The highest BCUT2D eigenvalue weighted by Gasteiger charge is 2.30. The van der Waals surface area contributed by atoms with Crippen molar-refractivity contribution in [1.82, 2.24) is 25.3 Å². The number of likely N-dealkylation sites (N-methyl/N-ethyl adjacent to an activating group) is 1. The molecule has 3 heterocycles. The molecular weight excluding hydrogens is 416 g/mol.